The smallest absolute Gasteiger partial charge is 0.303 e. The Hall–Kier alpha value is -1.82. The first kappa shape index (κ1) is 24.4. The van der Waals surface area contributed by atoms with Crippen LogP contribution >= 0.6 is 0 Å². The SMILES string of the molecule is CC1=[N+](CCCS(=O)(=O)O)c2ccc(S(=O)(=O)O)cc2C1(C)CCCCCC(=O)O. The molecule has 0 aromatic heterocycles. The summed E-state index contributed by atoms with van der Waals surface area (Å²) in [6.07, 6.45) is 2.87. The molecule has 0 saturated heterocycles. The fraction of sp³-hybridized carbons (Fsp3) is 0.579. The predicted molar refractivity (Wildman–Crippen MR) is 111 cm³/mol. The molecule has 1 aliphatic heterocycles. The molecule has 1 aromatic rings. The topological polar surface area (TPSA) is 149 Å². The van der Waals surface area contributed by atoms with Gasteiger partial charge in [-0.25, -0.2) is 0 Å². The molecule has 1 heterocycles. The van der Waals surface area contributed by atoms with Crippen molar-refractivity contribution in [2.45, 2.75) is 62.7 Å². The number of hydrogen-bond acceptors (Lipinski definition) is 5. The molecular weight excluding hydrogens is 434 g/mol. The fourth-order valence-corrected chi connectivity index (χ4v) is 4.97. The summed E-state index contributed by atoms with van der Waals surface area (Å²) in [4.78, 5) is 10.5. The van der Waals surface area contributed by atoms with Crippen LogP contribution in [0, 0.1) is 0 Å². The van der Waals surface area contributed by atoms with E-state index < -0.39 is 31.6 Å². The average Bonchev–Trinajstić information content (AvgIpc) is 2.81. The standard InChI is InChI=1S/C19H27NO8S2/c1-14-19(2,10-5-3-4-7-18(21)22)16-13-15(30(26,27)28)8-9-17(16)20(14)11-6-12-29(23,24)25/h8-9,13H,3-7,10-12H2,1-2H3,(H2-,21,22,23,24,25,26,27,28)/p+1. The maximum Gasteiger partial charge on any atom is 0.303 e. The van der Waals surface area contributed by atoms with E-state index in [1.54, 1.807) is 6.07 Å². The summed E-state index contributed by atoms with van der Waals surface area (Å²) in [7, 11) is -8.48. The van der Waals surface area contributed by atoms with Gasteiger partial charge in [0.15, 0.2) is 5.71 Å². The van der Waals surface area contributed by atoms with Crippen molar-refractivity contribution in [3.63, 3.8) is 0 Å². The Morgan fingerprint density at radius 2 is 1.73 bits per heavy atom. The second kappa shape index (κ2) is 9.13. The molecule has 3 N–H and O–H groups in total. The zero-order valence-corrected chi connectivity index (χ0v) is 18.7. The molecule has 11 heteroatoms. The van der Waals surface area contributed by atoms with E-state index in [0.29, 0.717) is 31.4 Å². The lowest BCUT2D eigenvalue weighted by Gasteiger charge is -2.22. The Labute approximate surface area is 176 Å². The molecule has 0 aliphatic carbocycles. The molecule has 0 bridgehead atoms. The summed E-state index contributed by atoms with van der Waals surface area (Å²) in [5, 5.41) is 8.78. The Morgan fingerprint density at radius 1 is 1.07 bits per heavy atom. The number of unbranched alkanes of at least 4 members (excludes halogenated alkanes) is 2. The minimum atomic E-state index is -4.39. The maximum absolute atomic E-state index is 11.6. The van der Waals surface area contributed by atoms with Crippen molar-refractivity contribution in [1.82, 2.24) is 0 Å². The van der Waals surface area contributed by atoms with Gasteiger partial charge < -0.3 is 5.11 Å². The van der Waals surface area contributed by atoms with Crippen LogP contribution in [0.4, 0.5) is 5.69 Å². The third kappa shape index (κ3) is 5.87. The van der Waals surface area contributed by atoms with Crippen LogP contribution in [0.25, 0.3) is 0 Å². The molecule has 9 nitrogen and oxygen atoms in total. The highest BCUT2D eigenvalue weighted by molar-refractivity contribution is 7.86. The summed E-state index contributed by atoms with van der Waals surface area (Å²) in [6, 6.07) is 4.33. The van der Waals surface area contributed by atoms with E-state index >= 15 is 0 Å². The number of benzene rings is 1. The Balaban J connectivity index is 2.35. The number of aliphatic carboxylic acids is 1. The van der Waals surface area contributed by atoms with Crippen molar-refractivity contribution in [1.29, 1.82) is 0 Å². The van der Waals surface area contributed by atoms with Crippen molar-refractivity contribution in [3.8, 4) is 0 Å². The summed E-state index contributed by atoms with van der Waals surface area (Å²) in [5.41, 5.74) is 1.78. The van der Waals surface area contributed by atoms with Crippen molar-refractivity contribution in [2.75, 3.05) is 12.3 Å². The summed E-state index contributed by atoms with van der Waals surface area (Å²) < 4.78 is 65.8. The molecule has 1 aliphatic rings. The summed E-state index contributed by atoms with van der Waals surface area (Å²) in [5.74, 6) is -1.24. The van der Waals surface area contributed by atoms with E-state index in [4.69, 9.17) is 9.66 Å². The van der Waals surface area contributed by atoms with E-state index in [9.17, 15) is 26.2 Å². The van der Waals surface area contributed by atoms with Gasteiger partial charge in [-0.2, -0.15) is 21.4 Å². The van der Waals surface area contributed by atoms with Gasteiger partial charge in [0.05, 0.1) is 16.1 Å². The number of carbonyl (C=O) groups is 1. The van der Waals surface area contributed by atoms with E-state index in [1.165, 1.54) is 12.1 Å². The fourth-order valence-electron chi connectivity index (χ4n) is 3.97. The minimum absolute atomic E-state index is 0.0880. The van der Waals surface area contributed by atoms with Gasteiger partial charge in [0, 0.05) is 31.4 Å². The normalized spacial score (nSPS) is 19.2. The Bertz CT molecular complexity index is 1060. The monoisotopic (exact) mass is 462 g/mol. The number of fused-ring (bicyclic) bond motifs is 1. The van der Waals surface area contributed by atoms with Gasteiger partial charge in [0.25, 0.3) is 20.2 Å². The highest BCUT2D eigenvalue weighted by Gasteiger charge is 2.46. The van der Waals surface area contributed by atoms with Gasteiger partial charge in [-0.15, -0.1) is 0 Å². The van der Waals surface area contributed by atoms with Crippen LogP contribution in [-0.2, 0) is 30.4 Å². The molecule has 1 atom stereocenters. The van der Waals surface area contributed by atoms with E-state index in [2.05, 4.69) is 0 Å². The van der Waals surface area contributed by atoms with Crippen LogP contribution in [0.15, 0.2) is 23.1 Å². The molecule has 168 valence electrons. The number of carboxylic acids is 1. The highest BCUT2D eigenvalue weighted by Crippen LogP contribution is 2.44. The first-order valence-electron chi connectivity index (χ1n) is 9.66. The molecule has 0 spiro atoms. The lowest BCUT2D eigenvalue weighted by Crippen LogP contribution is -2.30. The average molecular weight is 463 g/mol. The number of rotatable bonds is 11. The highest BCUT2D eigenvalue weighted by atomic mass is 32.2. The van der Waals surface area contributed by atoms with Gasteiger partial charge in [0.1, 0.15) is 6.54 Å². The molecular formula is C19H28NO8S2+. The van der Waals surface area contributed by atoms with Gasteiger partial charge >= 0.3 is 5.97 Å². The lowest BCUT2D eigenvalue weighted by molar-refractivity contribution is -0.438. The van der Waals surface area contributed by atoms with Crippen LogP contribution in [0.1, 0.15) is 57.9 Å². The van der Waals surface area contributed by atoms with E-state index in [-0.39, 0.29) is 23.5 Å². The zero-order valence-electron chi connectivity index (χ0n) is 17.0. The van der Waals surface area contributed by atoms with Crippen LogP contribution in [0.3, 0.4) is 0 Å². The first-order chi connectivity index (χ1) is 13.8. The second-order valence-corrected chi connectivity index (χ2v) is 10.8. The van der Waals surface area contributed by atoms with Crippen LogP contribution in [-0.4, -0.2) is 59.6 Å². The minimum Gasteiger partial charge on any atom is -0.481 e. The molecule has 1 unspecified atom stereocenters. The molecule has 2 rings (SSSR count). The number of nitrogens with zero attached hydrogens (tertiary/aromatic N) is 1. The van der Waals surface area contributed by atoms with Gasteiger partial charge in [-0.3, -0.25) is 13.9 Å². The molecule has 30 heavy (non-hydrogen) atoms. The second-order valence-electron chi connectivity index (χ2n) is 7.82. The maximum atomic E-state index is 11.6. The largest absolute Gasteiger partial charge is 0.481 e. The molecule has 0 fully saturated rings. The van der Waals surface area contributed by atoms with Gasteiger partial charge in [-0.1, -0.05) is 12.8 Å². The van der Waals surface area contributed by atoms with E-state index in [1.807, 2.05) is 18.4 Å². The van der Waals surface area contributed by atoms with Crippen molar-refractivity contribution in [2.24, 2.45) is 0 Å². The van der Waals surface area contributed by atoms with Gasteiger partial charge in [-0.05, 0) is 31.9 Å². The van der Waals surface area contributed by atoms with Crippen LogP contribution in [0.2, 0.25) is 0 Å². The number of hydrogen-bond donors (Lipinski definition) is 3. The molecule has 0 radical (unpaired) electrons. The lowest BCUT2D eigenvalue weighted by atomic mass is 9.76. The van der Waals surface area contributed by atoms with Crippen molar-refractivity contribution >= 4 is 37.6 Å². The van der Waals surface area contributed by atoms with Crippen molar-refractivity contribution < 1.29 is 40.4 Å². The molecule has 1 aromatic carbocycles. The quantitative estimate of drug-likeness (QED) is 0.258. The zero-order chi connectivity index (χ0) is 22.7. The van der Waals surface area contributed by atoms with Gasteiger partial charge in [0.2, 0.25) is 5.69 Å². The summed E-state index contributed by atoms with van der Waals surface area (Å²) >= 11 is 0. The third-order valence-corrected chi connectivity index (χ3v) is 7.36. The van der Waals surface area contributed by atoms with Crippen molar-refractivity contribution in [3.05, 3.63) is 23.8 Å². The predicted octanol–water partition coefficient (Wildman–Crippen LogP) is 2.62. The van der Waals surface area contributed by atoms with Crippen LogP contribution < -0.4 is 0 Å². The third-order valence-electron chi connectivity index (χ3n) is 5.71. The molecule has 0 saturated carbocycles. The Morgan fingerprint density at radius 3 is 2.30 bits per heavy atom. The van der Waals surface area contributed by atoms with E-state index in [0.717, 1.165) is 17.8 Å². The Kier molecular flexibility index (Phi) is 7.44. The number of carboxylic acid groups (broad SMARTS) is 1. The van der Waals surface area contributed by atoms with Crippen LogP contribution in [0.5, 0.6) is 0 Å². The first-order valence-corrected chi connectivity index (χ1v) is 12.7. The summed E-state index contributed by atoms with van der Waals surface area (Å²) in [6.45, 7) is 4.16. The molecule has 0 amide bonds.